The van der Waals surface area contributed by atoms with Gasteiger partial charge < -0.3 is 9.47 Å². The first-order valence-corrected chi connectivity index (χ1v) is 12.4. The van der Waals surface area contributed by atoms with Crippen molar-refractivity contribution >= 4 is 34.9 Å². The lowest BCUT2D eigenvalue weighted by Crippen LogP contribution is -2.72. The zero-order chi connectivity index (χ0) is 26.1. The number of rotatable bonds is 5. The third kappa shape index (κ3) is 4.18. The molecular formula is C31H24N2O5. The van der Waals surface area contributed by atoms with Gasteiger partial charge in [0.25, 0.3) is 5.91 Å². The number of ether oxygens (including phenoxy) is 2. The monoisotopic (exact) mass is 504 g/mol. The Kier molecular flexibility index (Phi) is 6.09. The molecule has 0 spiro atoms. The molecule has 2 saturated heterocycles. The molecule has 7 heteroatoms. The average molecular weight is 505 g/mol. The first-order valence-electron chi connectivity index (χ1n) is 12.4. The van der Waals surface area contributed by atoms with Gasteiger partial charge in [-0.15, -0.1) is 0 Å². The summed E-state index contributed by atoms with van der Waals surface area (Å²) in [6.45, 7) is 0.126. The van der Waals surface area contributed by atoms with Gasteiger partial charge in [0.05, 0.1) is 12.1 Å². The van der Waals surface area contributed by atoms with E-state index in [0.29, 0.717) is 5.75 Å². The normalized spacial score (nSPS) is 21.0. The largest absolute Gasteiger partial charge is 0.447 e. The van der Waals surface area contributed by atoms with Crippen LogP contribution >= 0.6 is 0 Å². The fraction of sp³-hybridized carbons (Fsp3) is 0.129. The lowest BCUT2D eigenvalue weighted by Gasteiger charge is -2.47. The number of carbonyl (C=O) groups is 3. The average Bonchev–Trinajstić information content (AvgIpc) is 3.32. The quantitative estimate of drug-likeness (QED) is 0.320. The molecule has 2 unspecified atom stereocenters. The number of amides is 3. The second-order valence-corrected chi connectivity index (χ2v) is 9.16. The molecule has 0 aromatic heterocycles. The Morgan fingerprint density at radius 2 is 1.53 bits per heavy atom. The van der Waals surface area contributed by atoms with Gasteiger partial charge in [0.2, 0.25) is 0 Å². The summed E-state index contributed by atoms with van der Waals surface area (Å²) >= 11 is 0. The lowest BCUT2D eigenvalue weighted by atomic mass is 9.90. The Morgan fingerprint density at radius 1 is 0.842 bits per heavy atom. The van der Waals surface area contributed by atoms with E-state index in [-0.39, 0.29) is 6.61 Å². The van der Waals surface area contributed by atoms with E-state index in [1.54, 1.807) is 36.4 Å². The van der Waals surface area contributed by atoms with Crippen LogP contribution in [0, 0.1) is 0 Å². The van der Waals surface area contributed by atoms with Gasteiger partial charge in [0.15, 0.2) is 0 Å². The molecule has 3 amide bonds. The zero-order valence-electron chi connectivity index (χ0n) is 20.3. The number of benzene rings is 4. The predicted molar refractivity (Wildman–Crippen MR) is 142 cm³/mol. The molecule has 3 atom stereocenters. The minimum absolute atomic E-state index is 0.126. The minimum Gasteiger partial charge on any atom is -0.447 e. The third-order valence-electron chi connectivity index (χ3n) is 6.95. The highest BCUT2D eigenvalue weighted by molar-refractivity contribution is 6.04. The summed E-state index contributed by atoms with van der Waals surface area (Å²) in [4.78, 5) is 42.0. The SMILES string of the molecule is O=C(Oc1ccccc1)N1C(=O)C(N2C(=O)OC[C@@H]2c2ccccc2)C1C=Cc1cccc2ccccc12. The maximum Gasteiger partial charge on any atom is 0.422 e. The number of cyclic esters (lactones) is 1. The Hall–Kier alpha value is -4.91. The van der Waals surface area contributed by atoms with Crippen molar-refractivity contribution in [3.63, 3.8) is 0 Å². The van der Waals surface area contributed by atoms with E-state index in [1.807, 2.05) is 78.9 Å². The Labute approximate surface area is 219 Å². The van der Waals surface area contributed by atoms with Gasteiger partial charge in [0.1, 0.15) is 18.4 Å². The molecular weight excluding hydrogens is 480 g/mol. The van der Waals surface area contributed by atoms with Crippen molar-refractivity contribution in [2.45, 2.75) is 18.1 Å². The molecule has 0 bridgehead atoms. The van der Waals surface area contributed by atoms with Crippen LogP contribution in [-0.4, -0.2) is 46.6 Å². The number of hydrogen-bond acceptors (Lipinski definition) is 5. The van der Waals surface area contributed by atoms with Crippen molar-refractivity contribution < 1.29 is 23.9 Å². The molecule has 6 rings (SSSR count). The van der Waals surface area contributed by atoms with Crippen LogP contribution in [0.5, 0.6) is 5.75 Å². The first kappa shape index (κ1) is 23.5. The number of hydrogen-bond donors (Lipinski definition) is 0. The van der Waals surface area contributed by atoms with E-state index in [0.717, 1.165) is 26.8 Å². The fourth-order valence-corrected chi connectivity index (χ4v) is 5.09. The van der Waals surface area contributed by atoms with Crippen LogP contribution in [0.1, 0.15) is 17.2 Å². The van der Waals surface area contributed by atoms with Crippen LogP contribution in [0.25, 0.3) is 16.8 Å². The van der Waals surface area contributed by atoms with Crippen molar-refractivity contribution in [1.29, 1.82) is 0 Å². The van der Waals surface area contributed by atoms with Gasteiger partial charge in [-0.1, -0.05) is 103 Å². The summed E-state index contributed by atoms with van der Waals surface area (Å²) < 4.78 is 10.9. The van der Waals surface area contributed by atoms with Gasteiger partial charge >= 0.3 is 12.2 Å². The molecule has 188 valence electrons. The van der Waals surface area contributed by atoms with Crippen molar-refractivity contribution in [2.75, 3.05) is 6.61 Å². The number of fused-ring (bicyclic) bond motifs is 1. The van der Waals surface area contributed by atoms with Crippen LogP contribution in [0.15, 0.2) is 109 Å². The van der Waals surface area contributed by atoms with Crippen molar-refractivity contribution in [3.05, 3.63) is 120 Å². The smallest absolute Gasteiger partial charge is 0.422 e. The molecule has 0 aliphatic carbocycles. The summed E-state index contributed by atoms with van der Waals surface area (Å²) in [5, 5.41) is 2.11. The number of likely N-dealkylation sites (tertiary alicyclic amines) is 1. The van der Waals surface area contributed by atoms with E-state index in [2.05, 4.69) is 0 Å². The molecule has 38 heavy (non-hydrogen) atoms. The number of para-hydroxylation sites is 1. The van der Waals surface area contributed by atoms with Gasteiger partial charge in [-0.25, -0.2) is 14.5 Å². The number of carbonyl (C=O) groups excluding carboxylic acids is 3. The lowest BCUT2D eigenvalue weighted by molar-refractivity contribution is -0.150. The van der Waals surface area contributed by atoms with Gasteiger partial charge in [0, 0.05) is 0 Å². The molecule has 2 heterocycles. The third-order valence-corrected chi connectivity index (χ3v) is 6.95. The van der Waals surface area contributed by atoms with E-state index in [9.17, 15) is 14.4 Å². The van der Waals surface area contributed by atoms with Gasteiger partial charge in [-0.05, 0) is 34.0 Å². The first-order chi connectivity index (χ1) is 18.6. The summed E-state index contributed by atoms with van der Waals surface area (Å²) in [7, 11) is 0. The molecule has 4 aromatic carbocycles. The van der Waals surface area contributed by atoms with Gasteiger partial charge in [-0.3, -0.25) is 9.69 Å². The highest BCUT2D eigenvalue weighted by Crippen LogP contribution is 2.38. The predicted octanol–water partition coefficient (Wildman–Crippen LogP) is 5.82. The van der Waals surface area contributed by atoms with E-state index in [1.165, 1.54) is 4.90 Å². The van der Waals surface area contributed by atoms with Crippen LogP contribution in [0.4, 0.5) is 9.59 Å². The van der Waals surface area contributed by atoms with Crippen LogP contribution < -0.4 is 4.74 Å². The number of imide groups is 1. The summed E-state index contributed by atoms with van der Waals surface area (Å²) in [5.41, 5.74) is 1.79. The molecule has 0 radical (unpaired) electrons. The Morgan fingerprint density at radius 3 is 2.32 bits per heavy atom. The molecule has 0 N–H and O–H groups in total. The number of β-lactam (4-membered cyclic amide) rings is 1. The minimum atomic E-state index is -0.912. The maximum absolute atomic E-state index is 13.5. The number of nitrogens with zero attached hydrogens (tertiary/aromatic N) is 2. The molecule has 2 fully saturated rings. The highest BCUT2D eigenvalue weighted by Gasteiger charge is 2.58. The van der Waals surface area contributed by atoms with Crippen LogP contribution in [0.2, 0.25) is 0 Å². The van der Waals surface area contributed by atoms with Crippen LogP contribution in [0.3, 0.4) is 0 Å². The standard InChI is InChI=1S/C31H24N2O5/c34-29-28(32-27(20-37-30(32)35)23-11-3-1-4-12-23)26(33(29)31(36)38-24-15-5-2-6-16-24)19-18-22-14-9-13-21-10-7-8-17-25(21)22/h1-19,26-28H,20H2/t26?,27-,28?/m1/s1. The molecule has 7 nitrogen and oxygen atoms in total. The zero-order valence-corrected chi connectivity index (χ0v) is 20.3. The second-order valence-electron chi connectivity index (χ2n) is 9.16. The highest BCUT2D eigenvalue weighted by atomic mass is 16.6. The van der Waals surface area contributed by atoms with Crippen molar-refractivity contribution in [2.24, 2.45) is 0 Å². The Balaban J connectivity index is 1.36. The summed E-state index contributed by atoms with van der Waals surface area (Å²) in [5.74, 6) is -0.188. The summed E-state index contributed by atoms with van der Waals surface area (Å²) in [6.07, 6.45) is 2.28. The molecule has 2 aliphatic rings. The topological polar surface area (TPSA) is 76.2 Å². The Bertz CT molecular complexity index is 1530. The van der Waals surface area contributed by atoms with Crippen molar-refractivity contribution in [1.82, 2.24) is 9.80 Å². The van der Waals surface area contributed by atoms with E-state index >= 15 is 0 Å². The van der Waals surface area contributed by atoms with Crippen molar-refractivity contribution in [3.8, 4) is 5.75 Å². The van der Waals surface area contributed by atoms with Crippen LogP contribution in [-0.2, 0) is 9.53 Å². The molecule has 4 aromatic rings. The van der Waals surface area contributed by atoms with Gasteiger partial charge in [-0.2, -0.15) is 0 Å². The fourth-order valence-electron chi connectivity index (χ4n) is 5.09. The second kappa shape index (κ2) is 9.86. The maximum atomic E-state index is 13.5. The molecule has 2 aliphatic heterocycles. The van der Waals surface area contributed by atoms with E-state index in [4.69, 9.17) is 9.47 Å². The van der Waals surface area contributed by atoms with E-state index < -0.39 is 36.2 Å². The summed E-state index contributed by atoms with van der Waals surface area (Å²) in [6, 6.07) is 29.8. The molecule has 0 saturated carbocycles.